The van der Waals surface area contributed by atoms with Gasteiger partial charge < -0.3 is 9.47 Å². The van der Waals surface area contributed by atoms with Crippen LogP contribution in [0.5, 0.6) is 11.5 Å². The van der Waals surface area contributed by atoms with Gasteiger partial charge in [0, 0.05) is 17.3 Å². The maximum Gasteiger partial charge on any atom is 0.291 e. The highest BCUT2D eigenvalue weighted by atomic mass is 32.1. The summed E-state index contributed by atoms with van der Waals surface area (Å²) in [5.74, 6) is 1.27. The minimum absolute atomic E-state index is 0.278. The van der Waals surface area contributed by atoms with Crippen LogP contribution in [0.15, 0.2) is 83.8 Å². The van der Waals surface area contributed by atoms with Crippen molar-refractivity contribution in [2.45, 2.75) is 0 Å². The molecular weight excluding hydrogens is 529 g/mol. The van der Waals surface area contributed by atoms with Crippen LogP contribution in [0.4, 0.5) is 4.39 Å². The molecule has 10 heteroatoms. The highest BCUT2D eigenvalue weighted by Gasteiger charge is 2.16. The van der Waals surface area contributed by atoms with Gasteiger partial charge in [-0.15, -0.1) is 5.10 Å². The van der Waals surface area contributed by atoms with Crippen LogP contribution in [0.3, 0.4) is 0 Å². The Bertz CT molecular complexity index is 1960. The van der Waals surface area contributed by atoms with Gasteiger partial charge in [-0.05, 0) is 60.2 Å². The molecule has 0 spiro atoms. The SMILES string of the molecule is COc1ccc(-c2nn(-c3ccccc3)cc2/C=c2\sc3nc(/C=C/c4ccc(F)cc4)nn3c2=O)cc1OC. The van der Waals surface area contributed by atoms with Crippen molar-refractivity contribution in [3.05, 3.63) is 117 Å². The van der Waals surface area contributed by atoms with E-state index in [1.54, 1.807) is 49.3 Å². The topological polar surface area (TPSA) is 83.5 Å². The first-order chi connectivity index (χ1) is 19.5. The lowest BCUT2D eigenvalue weighted by Crippen LogP contribution is -2.23. The zero-order valence-corrected chi connectivity index (χ0v) is 22.3. The predicted octanol–water partition coefficient (Wildman–Crippen LogP) is 4.88. The normalized spacial score (nSPS) is 12.0. The van der Waals surface area contributed by atoms with E-state index in [1.165, 1.54) is 28.0 Å². The third-order valence-corrected chi connectivity index (χ3v) is 7.16. The van der Waals surface area contributed by atoms with E-state index in [-0.39, 0.29) is 11.4 Å². The van der Waals surface area contributed by atoms with Gasteiger partial charge in [-0.2, -0.15) is 14.6 Å². The Labute approximate surface area is 231 Å². The lowest BCUT2D eigenvalue weighted by molar-refractivity contribution is 0.355. The van der Waals surface area contributed by atoms with Crippen LogP contribution in [0.25, 0.3) is 40.1 Å². The molecule has 6 rings (SSSR count). The molecule has 0 aliphatic carbocycles. The molecule has 0 unspecified atom stereocenters. The van der Waals surface area contributed by atoms with Crippen LogP contribution in [0, 0.1) is 5.82 Å². The van der Waals surface area contributed by atoms with Gasteiger partial charge in [-0.25, -0.2) is 9.07 Å². The van der Waals surface area contributed by atoms with E-state index in [0.717, 1.165) is 22.4 Å². The molecule has 198 valence electrons. The van der Waals surface area contributed by atoms with Crippen LogP contribution >= 0.6 is 11.3 Å². The lowest BCUT2D eigenvalue weighted by atomic mass is 10.1. The second-order valence-electron chi connectivity index (χ2n) is 8.75. The first-order valence-electron chi connectivity index (χ1n) is 12.2. The van der Waals surface area contributed by atoms with Crippen LogP contribution < -0.4 is 19.6 Å². The molecule has 3 heterocycles. The van der Waals surface area contributed by atoms with Crippen molar-refractivity contribution in [1.29, 1.82) is 0 Å². The molecule has 0 saturated heterocycles. The highest BCUT2D eigenvalue weighted by molar-refractivity contribution is 7.15. The second kappa shape index (κ2) is 10.6. The van der Waals surface area contributed by atoms with Crippen LogP contribution in [-0.2, 0) is 0 Å². The standard InChI is InChI=1S/C30H22FN5O3S/c1-38-24-14-11-20(16-25(24)39-2)28-21(18-35(34-28)23-6-4-3-5-7-23)17-26-29(37)36-30(40-26)32-27(33-36)15-10-19-8-12-22(31)13-9-19/h3-18H,1-2H3/b15-10+,26-17-. The molecular formula is C30H22FN5O3S. The van der Waals surface area contributed by atoms with E-state index in [0.29, 0.717) is 32.5 Å². The molecule has 6 aromatic rings. The van der Waals surface area contributed by atoms with Crippen molar-refractivity contribution in [2.75, 3.05) is 14.2 Å². The first kappa shape index (κ1) is 25.2. The summed E-state index contributed by atoms with van der Waals surface area (Å²) < 4.78 is 27.6. The highest BCUT2D eigenvalue weighted by Crippen LogP contribution is 2.33. The Kier molecular flexibility index (Phi) is 6.67. The summed E-state index contributed by atoms with van der Waals surface area (Å²) in [5, 5.41) is 9.20. The number of ether oxygens (including phenoxy) is 2. The monoisotopic (exact) mass is 551 g/mol. The second-order valence-corrected chi connectivity index (χ2v) is 9.76. The van der Waals surface area contributed by atoms with Gasteiger partial charge in [0.2, 0.25) is 4.96 Å². The van der Waals surface area contributed by atoms with Crippen LogP contribution in [-0.4, -0.2) is 38.6 Å². The van der Waals surface area contributed by atoms with E-state index in [1.807, 2.05) is 54.7 Å². The minimum Gasteiger partial charge on any atom is -0.493 e. The Morgan fingerprint density at radius 2 is 1.68 bits per heavy atom. The number of aromatic nitrogens is 5. The van der Waals surface area contributed by atoms with Crippen molar-refractivity contribution in [3.8, 4) is 28.4 Å². The number of hydrogen-bond donors (Lipinski definition) is 0. The van der Waals surface area contributed by atoms with Crippen molar-refractivity contribution < 1.29 is 13.9 Å². The fourth-order valence-electron chi connectivity index (χ4n) is 4.22. The van der Waals surface area contributed by atoms with Crippen LogP contribution in [0.1, 0.15) is 17.0 Å². The van der Waals surface area contributed by atoms with E-state index in [4.69, 9.17) is 14.6 Å². The molecule has 3 aromatic carbocycles. The Balaban J connectivity index is 1.42. The van der Waals surface area contributed by atoms with Crippen molar-refractivity contribution in [2.24, 2.45) is 0 Å². The summed E-state index contributed by atoms with van der Waals surface area (Å²) in [6, 6.07) is 21.4. The average Bonchev–Trinajstić information content (AvgIpc) is 3.67. The number of methoxy groups -OCH3 is 2. The number of para-hydroxylation sites is 1. The zero-order chi connectivity index (χ0) is 27.6. The number of rotatable bonds is 7. The van der Waals surface area contributed by atoms with E-state index in [2.05, 4.69) is 10.1 Å². The third kappa shape index (κ3) is 4.87. The Morgan fingerprint density at radius 3 is 2.40 bits per heavy atom. The molecule has 0 bridgehead atoms. The summed E-state index contributed by atoms with van der Waals surface area (Å²) in [6.07, 6.45) is 7.14. The molecule has 0 radical (unpaired) electrons. The van der Waals surface area contributed by atoms with Gasteiger partial charge in [-0.1, -0.05) is 47.7 Å². The molecule has 40 heavy (non-hydrogen) atoms. The maximum absolute atomic E-state index is 13.3. The van der Waals surface area contributed by atoms with Gasteiger partial charge >= 0.3 is 0 Å². The summed E-state index contributed by atoms with van der Waals surface area (Å²) in [4.78, 5) is 18.2. The number of benzene rings is 3. The summed E-state index contributed by atoms with van der Waals surface area (Å²) in [6.45, 7) is 0. The molecule has 0 N–H and O–H groups in total. The fraction of sp³-hybridized carbons (Fsp3) is 0.0667. The smallest absolute Gasteiger partial charge is 0.291 e. The molecule has 0 atom stereocenters. The van der Waals surface area contributed by atoms with Crippen LogP contribution in [0.2, 0.25) is 0 Å². The van der Waals surface area contributed by atoms with Gasteiger partial charge in [0.15, 0.2) is 17.3 Å². The zero-order valence-electron chi connectivity index (χ0n) is 21.5. The summed E-state index contributed by atoms with van der Waals surface area (Å²) in [7, 11) is 3.17. The molecule has 0 amide bonds. The van der Waals surface area contributed by atoms with Crippen molar-refractivity contribution in [3.63, 3.8) is 0 Å². The van der Waals surface area contributed by atoms with E-state index < -0.39 is 0 Å². The Hall–Kier alpha value is -5.09. The largest absolute Gasteiger partial charge is 0.493 e. The van der Waals surface area contributed by atoms with Crippen molar-refractivity contribution in [1.82, 2.24) is 24.4 Å². The molecule has 3 aromatic heterocycles. The number of hydrogen-bond acceptors (Lipinski definition) is 7. The number of fused-ring (bicyclic) bond motifs is 1. The summed E-state index contributed by atoms with van der Waals surface area (Å²) in [5.41, 5.74) is 3.62. The van der Waals surface area contributed by atoms with Gasteiger partial charge in [0.25, 0.3) is 5.56 Å². The lowest BCUT2D eigenvalue weighted by Gasteiger charge is -2.09. The van der Waals surface area contributed by atoms with E-state index in [9.17, 15) is 9.18 Å². The van der Waals surface area contributed by atoms with Crippen molar-refractivity contribution >= 4 is 34.5 Å². The number of halogens is 1. The number of thiazole rings is 1. The predicted molar refractivity (Wildman–Crippen MR) is 153 cm³/mol. The molecule has 0 saturated carbocycles. The summed E-state index contributed by atoms with van der Waals surface area (Å²) >= 11 is 1.24. The van der Waals surface area contributed by atoms with Gasteiger partial charge in [-0.3, -0.25) is 4.79 Å². The number of nitrogens with zero attached hydrogens (tertiary/aromatic N) is 5. The molecule has 0 fully saturated rings. The maximum atomic E-state index is 13.3. The fourth-order valence-corrected chi connectivity index (χ4v) is 5.12. The molecule has 0 aliphatic rings. The average molecular weight is 552 g/mol. The third-order valence-electron chi connectivity index (χ3n) is 6.20. The van der Waals surface area contributed by atoms with Gasteiger partial charge in [0.1, 0.15) is 11.5 Å². The minimum atomic E-state index is -0.304. The van der Waals surface area contributed by atoms with E-state index >= 15 is 0 Å². The molecule has 0 aliphatic heterocycles. The van der Waals surface area contributed by atoms with Gasteiger partial charge in [0.05, 0.1) is 24.4 Å². The molecule has 8 nitrogen and oxygen atoms in total. The Morgan fingerprint density at radius 1 is 0.900 bits per heavy atom. The first-order valence-corrected chi connectivity index (χ1v) is 13.1. The quantitative estimate of drug-likeness (QED) is 0.281.